The first-order valence-corrected chi connectivity index (χ1v) is 8.80. The molecule has 0 bridgehead atoms. The third-order valence-electron chi connectivity index (χ3n) is 6.52. The van der Waals surface area contributed by atoms with Gasteiger partial charge in [-0.1, -0.05) is 76.2 Å². The Labute approximate surface area is 130 Å². The molecule has 4 atom stereocenters. The maximum atomic E-state index is 2.47. The van der Waals surface area contributed by atoms with Gasteiger partial charge < -0.3 is 0 Å². The molecule has 0 nitrogen and oxygen atoms in total. The molecule has 0 spiro atoms. The minimum Gasteiger partial charge on any atom is -0.0625 e. The van der Waals surface area contributed by atoms with Crippen LogP contribution in [0.2, 0.25) is 0 Å². The lowest BCUT2D eigenvalue weighted by atomic mass is 9.65. The van der Waals surface area contributed by atoms with Crippen LogP contribution in [0.15, 0.2) is 0 Å². The van der Waals surface area contributed by atoms with Crippen LogP contribution < -0.4 is 0 Å². The smallest absolute Gasteiger partial charge is 0.0303 e. The van der Waals surface area contributed by atoms with Gasteiger partial charge in [0.2, 0.25) is 0 Å². The van der Waals surface area contributed by atoms with Crippen LogP contribution in [-0.2, 0) is 0 Å². The fourth-order valence-electron chi connectivity index (χ4n) is 3.15. The molecule has 0 aliphatic rings. The summed E-state index contributed by atoms with van der Waals surface area (Å²) in [6.07, 6.45) is 2.74. The average molecular weight is 283 g/mol. The van der Waals surface area contributed by atoms with E-state index in [0.717, 1.165) is 29.6 Å². The topological polar surface area (TPSA) is 0 Å². The van der Waals surface area contributed by atoms with Crippen molar-refractivity contribution in [3.05, 3.63) is 0 Å². The Balaban J connectivity index is 4.50. The van der Waals surface area contributed by atoms with Crippen molar-refractivity contribution >= 4 is 0 Å². The zero-order chi connectivity index (χ0) is 16.3. The van der Waals surface area contributed by atoms with Gasteiger partial charge in [-0.05, 0) is 53.3 Å². The van der Waals surface area contributed by atoms with Gasteiger partial charge in [0.05, 0.1) is 0 Å². The summed E-state index contributed by atoms with van der Waals surface area (Å²) in [4.78, 5) is 0. The second-order valence-electron chi connectivity index (χ2n) is 9.59. The SMILES string of the molecule is CC(CC(C)C(C)C(C)(C)C(C)C)CC(C)C(C)(C)C. The van der Waals surface area contributed by atoms with Crippen LogP contribution >= 0.6 is 0 Å². The molecule has 122 valence electrons. The Kier molecular flexibility index (Phi) is 7.32. The molecule has 0 fully saturated rings. The molecule has 0 rings (SSSR count). The summed E-state index contributed by atoms with van der Waals surface area (Å²) in [6.45, 7) is 26.5. The first-order valence-electron chi connectivity index (χ1n) is 8.80. The van der Waals surface area contributed by atoms with E-state index in [1.165, 1.54) is 12.8 Å². The maximum Gasteiger partial charge on any atom is -0.0303 e. The van der Waals surface area contributed by atoms with E-state index in [1.54, 1.807) is 0 Å². The van der Waals surface area contributed by atoms with Crippen LogP contribution in [0, 0.1) is 40.4 Å². The first kappa shape index (κ1) is 20.0. The van der Waals surface area contributed by atoms with Crippen molar-refractivity contribution in [2.75, 3.05) is 0 Å². The molecule has 0 aromatic heterocycles. The van der Waals surface area contributed by atoms with Crippen LogP contribution in [0.1, 0.15) is 89.0 Å². The largest absolute Gasteiger partial charge is 0.0625 e. The van der Waals surface area contributed by atoms with Gasteiger partial charge >= 0.3 is 0 Å². The van der Waals surface area contributed by atoms with Crippen molar-refractivity contribution in [2.45, 2.75) is 89.0 Å². The van der Waals surface area contributed by atoms with E-state index < -0.39 is 0 Å². The third-order valence-corrected chi connectivity index (χ3v) is 6.52. The van der Waals surface area contributed by atoms with Crippen LogP contribution in [0.4, 0.5) is 0 Å². The molecular weight excluding hydrogens is 240 g/mol. The molecule has 0 saturated carbocycles. The third kappa shape index (κ3) is 5.78. The van der Waals surface area contributed by atoms with Gasteiger partial charge in [0.1, 0.15) is 0 Å². The molecule has 0 radical (unpaired) electrons. The van der Waals surface area contributed by atoms with E-state index >= 15 is 0 Å². The summed E-state index contributed by atoms with van der Waals surface area (Å²) in [5, 5.41) is 0. The van der Waals surface area contributed by atoms with Crippen molar-refractivity contribution in [1.82, 2.24) is 0 Å². The quantitative estimate of drug-likeness (QED) is 0.470. The van der Waals surface area contributed by atoms with Gasteiger partial charge in [0.25, 0.3) is 0 Å². The lowest BCUT2D eigenvalue weighted by molar-refractivity contribution is 0.0895. The molecular formula is C20H42. The van der Waals surface area contributed by atoms with Crippen LogP contribution in [0.5, 0.6) is 0 Å². The number of rotatable bonds is 7. The zero-order valence-electron chi connectivity index (χ0n) is 16.3. The highest BCUT2D eigenvalue weighted by atomic mass is 14.4. The first-order chi connectivity index (χ1) is 8.80. The Morgan fingerprint density at radius 2 is 1.15 bits per heavy atom. The van der Waals surface area contributed by atoms with Crippen LogP contribution in [0.25, 0.3) is 0 Å². The molecule has 0 aliphatic carbocycles. The summed E-state index contributed by atoms with van der Waals surface area (Å²) >= 11 is 0. The van der Waals surface area contributed by atoms with Crippen molar-refractivity contribution in [1.29, 1.82) is 0 Å². The molecule has 0 heteroatoms. The molecule has 0 aromatic carbocycles. The lowest BCUT2D eigenvalue weighted by Gasteiger charge is -2.40. The summed E-state index contributed by atoms with van der Waals surface area (Å²) < 4.78 is 0. The number of hydrogen-bond donors (Lipinski definition) is 0. The van der Waals surface area contributed by atoms with Crippen molar-refractivity contribution < 1.29 is 0 Å². The lowest BCUT2D eigenvalue weighted by Crippen LogP contribution is -2.33. The van der Waals surface area contributed by atoms with Gasteiger partial charge in [-0.15, -0.1) is 0 Å². The standard InChI is InChI=1S/C20H42/c1-14(2)20(10,11)18(6)16(4)12-15(3)13-17(5)19(7,8)9/h14-18H,12-13H2,1-11H3. The fraction of sp³-hybridized carbons (Fsp3) is 1.00. The van der Waals surface area contributed by atoms with Gasteiger partial charge in [-0.25, -0.2) is 0 Å². The molecule has 0 amide bonds. The summed E-state index contributed by atoms with van der Waals surface area (Å²) in [6, 6.07) is 0. The Morgan fingerprint density at radius 1 is 0.700 bits per heavy atom. The van der Waals surface area contributed by atoms with Crippen LogP contribution in [0.3, 0.4) is 0 Å². The Morgan fingerprint density at radius 3 is 1.50 bits per heavy atom. The average Bonchev–Trinajstić information content (AvgIpc) is 2.25. The highest BCUT2D eigenvalue weighted by Gasteiger charge is 2.33. The molecule has 0 heterocycles. The molecule has 0 aliphatic heterocycles. The van der Waals surface area contributed by atoms with E-state index in [9.17, 15) is 0 Å². The van der Waals surface area contributed by atoms with Crippen molar-refractivity contribution in [3.8, 4) is 0 Å². The van der Waals surface area contributed by atoms with E-state index in [0.29, 0.717) is 10.8 Å². The molecule has 4 unspecified atom stereocenters. The highest BCUT2D eigenvalue weighted by Crippen LogP contribution is 2.41. The van der Waals surface area contributed by atoms with Gasteiger partial charge in [0, 0.05) is 0 Å². The molecule has 0 saturated heterocycles. The predicted molar refractivity (Wildman–Crippen MR) is 94.0 cm³/mol. The van der Waals surface area contributed by atoms with Crippen molar-refractivity contribution in [3.63, 3.8) is 0 Å². The van der Waals surface area contributed by atoms with E-state index in [4.69, 9.17) is 0 Å². The summed E-state index contributed by atoms with van der Waals surface area (Å²) in [5.74, 6) is 4.00. The van der Waals surface area contributed by atoms with Gasteiger partial charge in [-0.3, -0.25) is 0 Å². The number of hydrogen-bond acceptors (Lipinski definition) is 0. The Bertz CT molecular complexity index is 266. The highest BCUT2D eigenvalue weighted by molar-refractivity contribution is 4.83. The monoisotopic (exact) mass is 282 g/mol. The predicted octanol–water partition coefficient (Wildman–Crippen LogP) is 7.04. The fourth-order valence-corrected chi connectivity index (χ4v) is 3.15. The summed E-state index contributed by atoms with van der Waals surface area (Å²) in [7, 11) is 0. The Hall–Kier alpha value is 0. The minimum atomic E-state index is 0.439. The normalized spacial score (nSPS) is 19.8. The van der Waals surface area contributed by atoms with E-state index in [1.807, 2.05) is 0 Å². The second-order valence-corrected chi connectivity index (χ2v) is 9.59. The van der Waals surface area contributed by atoms with Crippen LogP contribution in [-0.4, -0.2) is 0 Å². The minimum absolute atomic E-state index is 0.439. The van der Waals surface area contributed by atoms with Gasteiger partial charge in [-0.2, -0.15) is 0 Å². The van der Waals surface area contributed by atoms with Gasteiger partial charge in [0.15, 0.2) is 0 Å². The molecule has 20 heavy (non-hydrogen) atoms. The molecule has 0 aromatic rings. The van der Waals surface area contributed by atoms with Crippen molar-refractivity contribution in [2.24, 2.45) is 40.4 Å². The van der Waals surface area contributed by atoms with E-state index in [-0.39, 0.29) is 0 Å². The zero-order valence-corrected chi connectivity index (χ0v) is 16.3. The molecule has 0 N–H and O–H groups in total. The summed E-state index contributed by atoms with van der Waals surface area (Å²) in [5.41, 5.74) is 0.884. The second kappa shape index (κ2) is 7.32. The van der Waals surface area contributed by atoms with E-state index in [2.05, 4.69) is 76.2 Å². The maximum absolute atomic E-state index is 2.47.